The molecule has 7 heteroatoms. The summed E-state index contributed by atoms with van der Waals surface area (Å²) in [5.41, 5.74) is 1.75. The third-order valence-corrected chi connectivity index (χ3v) is 5.41. The molecule has 0 aliphatic carbocycles. The van der Waals surface area contributed by atoms with Crippen molar-refractivity contribution in [3.8, 4) is 5.75 Å². The maximum absolute atomic E-state index is 12.6. The SMILES string of the molecule is COC(=O)C1CCCCN1C(=O)/C=C/c1cccc(OCc2csc(C)n2)c1. The molecule has 0 spiro atoms. The van der Waals surface area contributed by atoms with Gasteiger partial charge in [-0.25, -0.2) is 9.78 Å². The minimum atomic E-state index is -0.493. The van der Waals surface area contributed by atoms with E-state index in [1.54, 1.807) is 22.3 Å². The Morgan fingerprint density at radius 3 is 2.96 bits per heavy atom. The maximum Gasteiger partial charge on any atom is 0.328 e. The number of thiazole rings is 1. The highest BCUT2D eigenvalue weighted by Crippen LogP contribution is 2.20. The molecule has 3 rings (SSSR count). The molecule has 0 radical (unpaired) electrons. The smallest absolute Gasteiger partial charge is 0.328 e. The summed E-state index contributed by atoms with van der Waals surface area (Å²) in [5, 5.41) is 2.99. The van der Waals surface area contributed by atoms with Crippen LogP contribution in [0.15, 0.2) is 35.7 Å². The van der Waals surface area contributed by atoms with Gasteiger partial charge in [0, 0.05) is 18.0 Å². The van der Waals surface area contributed by atoms with E-state index in [0.717, 1.165) is 29.1 Å². The number of methoxy groups -OCH3 is 1. The summed E-state index contributed by atoms with van der Waals surface area (Å²) in [7, 11) is 1.36. The minimum Gasteiger partial charge on any atom is -0.487 e. The van der Waals surface area contributed by atoms with E-state index in [4.69, 9.17) is 9.47 Å². The molecule has 1 aliphatic heterocycles. The van der Waals surface area contributed by atoms with E-state index < -0.39 is 6.04 Å². The van der Waals surface area contributed by atoms with Gasteiger partial charge in [0.1, 0.15) is 18.4 Å². The van der Waals surface area contributed by atoms with E-state index in [1.165, 1.54) is 13.2 Å². The van der Waals surface area contributed by atoms with Crippen LogP contribution < -0.4 is 4.74 Å². The number of carbonyl (C=O) groups is 2. The molecular weight excluding hydrogens is 376 g/mol. The molecule has 28 heavy (non-hydrogen) atoms. The second kappa shape index (κ2) is 9.50. The third-order valence-electron chi connectivity index (χ3n) is 4.59. The highest BCUT2D eigenvalue weighted by molar-refractivity contribution is 7.09. The largest absolute Gasteiger partial charge is 0.487 e. The Morgan fingerprint density at radius 2 is 2.21 bits per heavy atom. The van der Waals surface area contributed by atoms with Gasteiger partial charge in [-0.2, -0.15) is 0 Å². The number of hydrogen-bond donors (Lipinski definition) is 0. The van der Waals surface area contributed by atoms with Crippen LogP contribution in [0.4, 0.5) is 0 Å². The van der Waals surface area contributed by atoms with Crippen molar-refractivity contribution < 1.29 is 19.1 Å². The lowest BCUT2D eigenvalue weighted by Gasteiger charge is -2.32. The average molecular weight is 401 g/mol. The summed E-state index contributed by atoms with van der Waals surface area (Å²) < 4.78 is 10.6. The molecule has 1 saturated heterocycles. The molecule has 1 fully saturated rings. The number of benzene rings is 1. The fourth-order valence-corrected chi connectivity index (χ4v) is 3.78. The molecular formula is C21H24N2O4S. The van der Waals surface area contributed by atoms with Crippen LogP contribution in [0.5, 0.6) is 5.75 Å². The fourth-order valence-electron chi connectivity index (χ4n) is 3.18. The van der Waals surface area contributed by atoms with E-state index >= 15 is 0 Å². The van der Waals surface area contributed by atoms with Gasteiger partial charge < -0.3 is 14.4 Å². The van der Waals surface area contributed by atoms with E-state index in [9.17, 15) is 9.59 Å². The van der Waals surface area contributed by atoms with Crippen LogP contribution >= 0.6 is 11.3 Å². The van der Waals surface area contributed by atoms with Crippen LogP contribution in [0.1, 0.15) is 35.5 Å². The van der Waals surface area contributed by atoms with Crippen molar-refractivity contribution in [2.24, 2.45) is 0 Å². The zero-order valence-electron chi connectivity index (χ0n) is 16.1. The maximum atomic E-state index is 12.6. The van der Waals surface area contributed by atoms with Crippen molar-refractivity contribution >= 4 is 29.3 Å². The van der Waals surface area contributed by atoms with Crippen LogP contribution in [0.2, 0.25) is 0 Å². The van der Waals surface area contributed by atoms with Crippen molar-refractivity contribution in [3.63, 3.8) is 0 Å². The van der Waals surface area contributed by atoms with Gasteiger partial charge in [0.15, 0.2) is 0 Å². The molecule has 0 saturated carbocycles. The van der Waals surface area contributed by atoms with Crippen LogP contribution in [0.25, 0.3) is 6.08 Å². The van der Waals surface area contributed by atoms with E-state index in [-0.39, 0.29) is 11.9 Å². The second-order valence-corrected chi connectivity index (χ2v) is 7.68. The Labute approximate surface area is 168 Å². The second-order valence-electron chi connectivity index (χ2n) is 6.62. The predicted octanol–water partition coefficient (Wildman–Crippen LogP) is 3.60. The molecule has 148 valence electrons. The predicted molar refractivity (Wildman–Crippen MR) is 108 cm³/mol. The quantitative estimate of drug-likeness (QED) is 0.547. The molecule has 6 nitrogen and oxygen atoms in total. The summed E-state index contributed by atoms with van der Waals surface area (Å²) in [6.45, 7) is 2.94. The first-order chi connectivity index (χ1) is 13.6. The Morgan fingerprint density at radius 1 is 1.36 bits per heavy atom. The summed E-state index contributed by atoms with van der Waals surface area (Å²) >= 11 is 1.59. The highest BCUT2D eigenvalue weighted by atomic mass is 32.1. The molecule has 1 unspecified atom stereocenters. The number of likely N-dealkylation sites (tertiary alicyclic amines) is 1. The molecule has 0 bridgehead atoms. The molecule has 0 N–H and O–H groups in total. The lowest BCUT2D eigenvalue weighted by molar-refractivity contribution is -0.153. The lowest BCUT2D eigenvalue weighted by Crippen LogP contribution is -2.47. The zero-order valence-corrected chi connectivity index (χ0v) is 16.9. The molecule has 1 atom stereocenters. The van der Waals surface area contributed by atoms with Crippen molar-refractivity contribution in [3.05, 3.63) is 52.0 Å². The van der Waals surface area contributed by atoms with Gasteiger partial charge in [-0.1, -0.05) is 12.1 Å². The van der Waals surface area contributed by atoms with Gasteiger partial charge in [-0.15, -0.1) is 11.3 Å². The van der Waals surface area contributed by atoms with Gasteiger partial charge in [0.2, 0.25) is 5.91 Å². The molecule has 1 aromatic carbocycles. The normalized spacial score (nSPS) is 16.9. The lowest BCUT2D eigenvalue weighted by atomic mass is 10.0. The number of aromatic nitrogens is 1. The monoisotopic (exact) mass is 400 g/mol. The Balaban J connectivity index is 1.62. The summed E-state index contributed by atoms with van der Waals surface area (Å²) in [4.78, 5) is 30.5. The Hall–Kier alpha value is -2.67. The molecule has 2 heterocycles. The molecule has 1 aliphatic rings. The van der Waals surface area contributed by atoms with Gasteiger partial charge in [0.25, 0.3) is 0 Å². The first kappa shape index (κ1) is 20.1. The number of hydrogen-bond acceptors (Lipinski definition) is 6. The van der Waals surface area contributed by atoms with Crippen LogP contribution in [-0.4, -0.2) is 41.5 Å². The number of ether oxygens (including phenoxy) is 2. The minimum absolute atomic E-state index is 0.181. The van der Waals surface area contributed by atoms with Crippen molar-refractivity contribution in [2.45, 2.75) is 38.8 Å². The number of amides is 1. The van der Waals surface area contributed by atoms with Gasteiger partial charge in [-0.05, 0) is 50.0 Å². The van der Waals surface area contributed by atoms with Gasteiger partial charge in [0.05, 0.1) is 17.8 Å². The number of rotatable bonds is 6. The highest BCUT2D eigenvalue weighted by Gasteiger charge is 2.31. The third kappa shape index (κ3) is 5.19. The summed E-state index contributed by atoms with van der Waals surface area (Å²) in [6, 6.07) is 7.03. The Kier molecular flexibility index (Phi) is 6.81. The van der Waals surface area contributed by atoms with Gasteiger partial charge in [-0.3, -0.25) is 4.79 Å². The summed E-state index contributed by atoms with van der Waals surface area (Å²) in [5.74, 6) is 0.180. The van der Waals surface area contributed by atoms with E-state index in [0.29, 0.717) is 25.3 Å². The summed E-state index contributed by atoms with van der Waals surface area (Å²) in [6.07, 6.45) is 5.71. The fraction of sp³-hybridized carbons (Fsp3) is 0.381. The number of esters is 1. The number of nitrogens with zero attached hydrogens (tertiary/aromatic N) is 2. The van der Waals surface area contributed by atoms with Crippen LogP contribution in [-0.2, 0) is 20.9 Å². The topological polar surface area (TPSA) is 68.7 Å². The van der Waals surface area contributed by atoms with E-state index in [2.05, 4.69) is 4.98 Å². The zero-order chi connectivity index (χ0) is 19.9. The Bertz CT molecular complexity index is 862. The van der Waals surface area contributed by atoms with Crippen LogP contribution in [0, 0.1) is 6.92 Å². The van der Waals surface area contributed by atoms with Crippen molar-refractivity contribution in [2.75, 3.05) is 13.7 Å². The number of piperidine rings is 1. The molecule has 1 aromatic heterocycles. The van der Waals surface area contributed by atoms with Gasteiger partial charge >= 0.3 is 5.97 Å². The first-order valence-electron chi connectivity index (χ1n) is 9.27. The van der Waals surface area contributed by atoms with Crippen molar-refractivity contribution in [1.82, 2.24) is 9.88 Å². The van der Waals surface area contributed by atoms with Crippen LogP contribution in [0.3, 0.4) is 0 Å². The molecule has 2 aromatic rings. The number of aryl methyl sites for hydroxylation is 1. The van der Waals surface area contributed by atoms with E-state index in [1.807, 2.05) is 36.6 Å². The number of carbonyl (C=O) groups excluding carboxylic acids is 2. The van der Waals surface area contributed by atoms with Crippen molar-refractivity contribution in [1.29, 1.82) is 0 Å². The first-order valence-corrected chi connectivity index (χ1v) is 10.1. The standard InChI is InChI=1S/C21H24N2O4S/c1-15-22-17(14-28-15)13-27-18-7-5-6-16(12-18)9-10-20(24)23-11-4-3-8-19(23)21(25)26-2/h5-7,9-10,12,14,19H,3-4,8,11,13H2,1-2H3/b10-9+. The average Bonchev–Trinajstić information content (AvgIpc) is 3.15. The molecule has 1 amide bonds.